The molecular weight excluding hydrogens is 286 g/mol. The largest absolute Gasteiger partial charge is 0.364 e. The van der Waals surface area contributed by atoms with Gasteiger partial charge < -0.3 is 10.3 Å². The summed E-state index contributed by atoms with van der Waals surface area (Å²) in [5.74, 6) is -0.420. The number of hydrogen-bond donors (Lipinski definition) is 2. The number of pyridine rings is 1. The molecule has 0 spiro atoms. The van der Waals surface area contributed by atoms with Gasteiger partial charge in [0.25, 0.3) is 5.91 Å². The predicted octanol–water partition coefficient (Wildman–Crippen LogP) is 2.85. The fourth-order valence-electron chi connectivity index (χ4n) is 2.07. The molecule has 3 rings (SSSR count). The zero-order chi connectivity index (χ0) is 15.0. The van der Waals surface area contributed by atoms with E-state index in [2.05, 4.69) is 15.3 Å². The second-order valence-electron chi connectivity index (χ2n) is 4.76. The van der Waals surface area contributed by atoms with E-state index in [1.807, 2.05) is 19.1 Å². The summed E-state index contributed by atoms with van der Waals surface area (Å²) in [7, 11) is 0. The van der Waals surface area contributed by atoms with Crippen LogP contribution in [0.5, 0.6) is 0 Å². The molecule has 5 nitrogen and oxygen atoms in total. The van der Waals surface area contributed by atoms with Crippen molar-refractivity contribution in [3.8, 4) is 0 Å². The van der Waals surface area contributed by atoms with Gasteiger partial charge in [-0.3, -0.25) is 9.59 Å². The van der Waals surface area contributed by atoms with Gasteiger partial charge in [-0.05, 0) is 32.0 Å². The molecule has 6 heteroatoms. The Morgan fingerprint density at radius 1 is 1.29 bits per heavy atom. The van der Waals surface area contributed by atoms with E-state index in [0.29, 0.717) is 5.69 Å². The average Bonchev–Trinajstić information content (AvgIpc) is 2.77. The number of rotatable bonds is 2. The van der Waals surface area contributed by atoms with Crippen LogP contribution in [0.25, 0.3) is 10.2 Å². The van der Waals surface area contributed by atoms with Crippen LogP contribution in [0.4, 0.5) is 5.69 Å². The highest BCUT2D eigenvalue weighted by Gasteiger charge is 2.11. The molecule has 0 aliphatic rings. The standard InChI is InChI=1S/C15H13N3O2S/c1-8-5-13(19)11(7-16-8)15(20)18-10-3-4-12-14(6-10)21-9(2)17-12/h3-7H,1-2H3,(H,16,19)(H,18,20). The molecule has 0 saturated carbocycles. The van der Waals surface area contributed by atoms with Crippen LogP contribution in [0.2, 0.25) is 0 Å². The molecule has 3 aromatic rings. The SMILES string of the molecule is Cc1cc(=O)c(C(=O)Nc2ccc3nc(C)sc3c2)c[nH]1. The lowest BCUT2D eigenvalue weighted by atomic mass is 10.2. The lowest BCUT2D eigenvalue weighted by Gasteiger charge is -2.05. The molecule has 106 valence electrons. The minimum absolute atomic E-state index is 0.0983. The quantitative estimate of drug-likeness (QED) is 0.764. The van der Waals surface area contributed by atoms with Crippen LogP contribution in [0.3, 0.4) is 0 Å². The number of nitrogens with zero attached hydrogens (tertiary/aromatic N) is 1. The first-order valence-electron chi connectivity index (χ1n) is 6.41. The Balaban J connectivity index is 1.90. The highest BCUT2D eigenvalue weighted by Crippen LogP contribution is 2.24. The summed E-state index contributed by atoms with van der Waals surface area (Å²) in [5.41, 5.74) is 2.08. The van der Waals surface area contributed by atoms with Crippen LogP contribution < -0.4 is 10.7 Å². The summed E-state index contributed by atoms with van der Waals surface area (Å²) < 4.78 is 1.00. The lowest BCUT2D eigenvalue weighted by molar-refractivity contribution is 0.102. The van der Waals surface area contributed by atoms with Crippen molar-refractivity contribution in [3.63, 3.8) is 0 Å². The van der Waals surface area contributed by atoms with Crippen molar-refractivity contribution in [3.05, 3.63) is 57.0 Å². The monoisotopic (exact) mass is 299 g/mol. The van der Waals surface area contributed by atoms with Crippen molar-refractivity contribution < 1.29 is 4.79 Å². The van der Waals surface area contributed by atoms with E-state index in [4.69, 9.17) is 0 Å². The van der Waals surface area contributed by atoms with Crippen LogP contribution in [-0.4, -0.2) is 15.9 Å². The Morgan fingerprint density at radius 2 is 2.10 bits per heavy atom. The molecular formula is C15H13N3O2S. The number of carbonyl (C=O) groups excluding carboxylic acids is 1. The van der Waals surface area contributed by atoms with Gasteiger partial charge in [-0.1, -0.05) is 0 Å². The summed E-state index contributed by atoms with van der Waals surface area (Å²) in [6.45, 7) is 3.71. The van der Waals surface area contributed by atoms with E-state index in [9.17, 15) is 9.59 Å². The van der Waals surface area contributed by atoms with Crippen molar-refractivity contribution in [1.29, 1.82) is 0 Å². The van der Waals surface area contributed by atoms with Gasteiger partial charge in [-0.15, -0.1) is 11.3 Å². The fraction of sp³-hybridized carbons (Fsp3) is 0.133. The molecule has 0 aliphatic carbocycles. The Labute approximate surface area is 124 Å². The minimum atomic E-state index is -0.420. The van der Waals surface area contributed by atoms with Crippen molar-refractivity contribution in [2.75, 3.05) is 5.32 Å². The van der Waals surface area contributed by atoms with Crippen molar-refractivity contribution >= 4 is 33.1 Å². The van der Waals surface area contributed by atoms with Gasteiger partial charge >= 0.3 is 0 Å². The molecule has 0 atom stereocenters. The number of benzene rings is 1. The molecule has 0 unspecified atom stereocenters. The van der Waals surface area contributed by atoms with Crippen LogP contribution in [0, 0.1) is 13.8 Å². The number of aromatic nitrogens is 2. The van der Waals surface area contributed by atoms with E-state index in [0.717, 1.165) is 20.9 Å². The van der Waals surface area contributed by atoms with Gasteiger partial charge in [0.1, 0.15) is 5.56 Å². The number of hydrogen-bond acceptors (Lipinski definition) is 4. The summed E-state index contributed by atoms with van der Waals surface area (Å²) in [5, 5.41) is 3.72. The zero-order valence-corrected chi connectivity index (χ0v) is 12.4. The molecule has 0 saturated heterocycles. The molecule has 2 aromatic heterocycles. The van der Waals surface area contributed by atoms with Gasteiger partial charge in [0, 0.05) is 23.6 Å². The summed E-state index contributed by atoms with van der Waals surface area (Å²) >= 11 is 1.56. The van der Waals surface area contributed by atoms with Crippen LogP contribution in [0.1, 0.15) is 21.1 Å². The Kier molecular flexibility index (Phi) is 3.31. The minimum Gasteiger partial charge on any atom is -0.364 e. The smallest absolute Gasteiger partial charge is 0.261 e. The van der Waals surface area contributed by atoms with E-state index >= 15 is 0 Å². The number of carbonyl (C=O) groups is 1. The number of nitrogens with one attached hydrogen (secondary N) is 2. The number of thiazole rings is 1. The highest BCUT2D eigenvalue weighted by atomic mass is 32.1. The second-order valence-corrected chi connectivity index (χ2v) is 6.00. The van der Waals surface area contributed by atoms with Crippen molar-refractivity contribution in [2.24, 2.45) is 0 Å². The maximum absolute atomic E-state index is 12.1. The number of fused-ring (bicyclic) bond motifs is 1. The third kappa shape index (κ3) is 2.71. The normalized spacial score (nSPS) is 10.8. The Hall–Kier alpha value is -2.47. The van der Waals surface area contributed by atoms with Gasteiger partial charge in [0.2, 0.25) is 0 Å². The molecule has 1 amide bonds. The number of aryl methyl sites for hydroxylation is 2. The Bertz CT molecular complexity index is 895. The average molecular weight is 299 g/mol. The molecule has 1 aromatic carbocycles. The third-order valence-electron chi connectivity index (χ3n) is 3.06. The highest BCUT2D eigenvalue weighted by molar-refractivity contribution is 7.18. The van der Waals surface area contributed by atoms with Gasteiger partial charge in [-0.25, -0.2) is 4.98 Å². The number of amides is 1. The first kappa shape index (κ1) is 13.5. The first-order valence-corrected chi connectivity index (χ1v) is 7.22. The lowest BCUT2D eigenvalue weighted by Crippen LogP contribution is -2.21. The molecule has 0 radical (unpaired) electrons. The molecule has 2 N–H and O–H groups in total. The predicted molar refractivity (Wildman–Crippen MR) is 84.1 cm³/mol. The summed E-state index contributed by atoms with van der Waals surface area (Å²) in [6, 6.07) is 6.90. The van der Waals surface area contributed by atoms with E-state index in [1.54, 1.807) is 24.3 Å². The molecule has 2 heterocycles. The number of H-pyrrole nitrogens is 1. The van der Waals surface area contributed by atoms with Crippen LogP contribution in [0.15, 0.2) is 35.3 Å². The van der Waals surface area contributed by atoms with Crippen molar-refractivity contribution in [1.82, 2.24) is 9.97 Å². The maximum atomic E-state index is 12.1. The third-order valence-corrected chi connectivity index (χ3v) is 3.99. The number of anilines is 1. The Morgan fingerprint density at radius 3 is 2.86 bits per heavy atom. The molecule has 21 heavy (non-hydrogen) atoms. The van der Waals surface area contributed by atoms with E-state index < -0.39 is 5.91 Å². The molecule has 0 bridgehead atoms. The molecule has 0 fully saturated rings. The summed E-state index contributed by atoms with van der Waals surface area (Å²) in [6.07, 6.45) is 1.43. The topological polar surface area (TPSA) is 74.8 Å². The van der Waals surface area contributed by atoms with Crippen LogP contribution >= 0.6 is 11.3 Å². The van der Waals surface area contributed by atoms with Crippen molar-refractivity contribution in [2.45, 2.75) is 13.8 Å². The molecule has 0 aliphatic heterocycles. The van der Waals surface area contributed by atoms with E-state index in [-0.39, 0.29) is 11.0 Å². The van der Waals surface area contributed by atoms with E-state index in [1.165, 1.54) is 12.3 Å². The number of aromatic amines is 1. The maximum Gasteiger partial charge on any atom is 0.261 e. The fourth-order valence-corrected chi connectivity index (χ4v) is 2.93. The van der Waals surface area contributed by atoms with Gasteiger partial charge in [0.05, 0.1) is 15.2 Å². The van der Waals surface area contributed by atoms with Gasteiger partial charge in [-0.2, -0.15) is 0 Å². The zero-order valence-electron chi connectivity index (χ0n) is 11.6. The summed E-state index contributed by atoms with van der Waals surface area (Å²) in [4.78, 5) is 31.2. The van der Waals surface area contributed by atoms with Gasteiger partial charge in [0.15, 0.2) is 5.43 Å². The second kappa shape index (κ2) is 5.14. The first-order chi connectivity index (χ1) is 10.0. The van der Waals surface area contributed by atoms with Crippen LogP contribution in [-0.2, 0) is 0 Å².